The average molecular weight is 509 g/mol. The minimum atomic E-state index is -0.508. The van der Waals surface area contributed by atoms with E-state index in [2.05, 4.69) is 21.3 Å². The molecule has 0 unspecified atom stereocenters. The summed E-state index contributed by atoms with van der Waals surface area (Å²) in [6, 6.07) is 32.9. The van der Waals surface area contributed by atoms with Gasteiger partial charge in [0.15, 0.2) is 5.82 Å². The number of hydrogen-bond acceptors (Lipinski definition) is 5. The molecule has 0 saturated heterocycles. The number of benzene rings is 4. The molecule has 0 aliphatic carbocycles. The molecule has 5 rings (SSSR count). The van der Waals surface area contributed by atoms with E-state index in [0.717, 1.165) is 11.3 Å². The third kappa shape index (κ3) is 5.50. The van der Waals surface area contributed by atoms with E-state index in [1.807, 2.05) is 60.7 Å². The Morgan fingerprint density at radius 3 is 2.03 bits per heavy atom. The van der Waals surface area contributed by atoms with Crippen LogP contribution in [0.1, 0.15) is 20.7 Å². The molecule has 1 heterocycles. The summed E-state index contributed by atoms with van der Waals surface area (Å²) in [7, 11) is 0. The molecule has 2 amide bonds. The van der Waals surface area contributed by atoms with Crippen LogP contribution in [0.3, 0.4) is 0 Å². The highest BCUT2D eigenvalue weighted by atomic mass is 35.5. The van der Waals surface area contributed by atoms with Crippen LogP contribution in [0.4, 0.5) is 11.6 Å². The van der Waals surface area contributed by atoms with E-state index < -0.39 is 11.8 Å². The minimum Gasteiger partial charge on any atom is -0.323 e. The van der Waals surface area contributed by atoms with Crippen LogP contribution in [0.5, 0.6) is 0 Å². The highest BCUT2D eigenvalue weighted by Gasteiger charge is 2.15. The van der Waals surface area contributed by atoms with Crippen LogP contribution in [-0.2, 0) is 0 Å². The lowest BCUT2D eigenvalue weighted by atomic mass is 10.2. The number of halogens is 1. The van der Waals surface area contributed by atoms with E-state index in [-0.39, 0.29) is 5.56 Å². The number of para-hydroxylation sites is 1. The molecule has 8 nitrogen and oxygen atoms in total. The van der Waals surface area contributed by atoms with Crippen molar-refractivity contribution in [1.82, 2.24) is 25.6 Å². The molecule has 0 radical (unpaired) electrons. The maximum absolute atomic E-state index is 12.5. The van der Waals surface area contributed by atoms with Gasteiger partial charge in [-0.2, -0.15) is 4.98 Å². The number of carbonyl (C=O) groups is 2. The number of hydrazine groups is 1. The molecule has 4 aromatic carbocycles. The molecular formula is C28H21ClN6O2. The summed E-state index contributed by atoms with van der Waals surface area (Å²) in [5.41, 5.74) is 7.90. The maximum Gasteiger partial charge on any atom is 0.271 e. The van der Waals surface area contributed by atoms with Crippen LogP contribution in [0.15, 0.2) is 109 Å². The summed E-state index contributed by atoms with van der Waals surface area (Å²) in [5, 5.41) is 8.14. The summed E-state index contributed by atoms with van der Waals surface area (Å²) < 4.78 is 1.78. The van der Waals surface area contributed by atoms with E-state index in [0.29, 0.717) is 28.0 Å². The van der Waals surface area contributed by atoms with Gasteiger partial charge in [0.1, 0.15) is 0 Å². The van der Waals surface area contributed by atoms with E-state index >= 15 is 0 Å². The second-order valence-corrected chi connectivity index (χ2v) is 8.37. The zero-order chi connectivity index (χ0) is 25.6. The predicted octanol–water partition coefficient (Wildman–Crippen LogP) is 5.41. The largest absolute Gasteiger partial charge is 0.323 e. The molecule has 182 valence electrons. The van der Waals surface area contributed by atoms with Crippen molar-refractivity contribution in [3.8, 4) is 17.1 Å². The van der Waals surface area contributed by atoms with Crippen LogP contribution in [0.2, 0.25) is 5.02 Å². The van der Waals surface area contributed by atoms with Gasteiger partial charge in [0.05, 0.1) is 16.3 Å². The molecular weight excluding hydrogens is 488 g/mol. The third-order valence-electron chi connectivity index (χ3n) is 5.45. The molecule has 0 bridgehead atoms. The topological polar surface area (TPSA) is 101 Å². The number of hydrogen-bond donors (Lipinski definition) is 3. The highest BCUT2D eigenvalue weighted by Crippen LogP contribution is 2.24. The quantitative estimate of drug-likeness (QED) is 0.266. The molecule has 0 atom stereocenters. The van der Waals surface area contributed by atoms with Gasteiger partial charge in [-0.1, -0.05) is 72.3 Å². The van der Waals surface area contributed by atoms with Crippen LogP contribution >= 0.6 is 11.6 Å². The van der Waals surface area contributed by atoms with Crippen molar-refractivity contribution in [3.05, 3.63) is 125 Å². The van der Waals surface area contributed by atoms with Gasteiger partial charge in [0.2, 0.25) is 5.95 Å². The molecule has 1 aromatic heterocycles. The third-order valence-corrected chi connectivity index (χ3v) is 5.78. The molecule has 0 saturated carbocycles. The van der Waals surface area contributed by atoms with Crippen molar-refractivity contribution in [2.75, 3.05) is 5.32 Å². The number of rotatable bonds is 6. The number of carbonyl (C=O) groups excluding carboxylic acids is 2. The first kappa shape index (κ1) is 23.8. The van der Waals surface area contributed by atoms with Gasteiger partial charge in [-0.15, -0.1) is 5.10 Å². The van der Waals surface area contributed by atoms with Gasteiger partial charge in [-0.05, 0) is 48.5 Å². The summed E-state index contributed by atoms with van der Waals surface area (Å²) in [4.78, 5) is 29.4. The van der Waals surface area contributed by atoms with Gasteiger partial charge in [0.25, 0.3) is 11.8 Å². The van der Waals surface area contributed by atoms with Crippen molar-refractivity contribution < 1.29 is 9.59 Å². The Labute approximate surface area is 217 Å². The van der Waals surface area contributed by atoms with Crippen molar-refractivity contribution in [1.29, 1.82) is 0 Å². The zero-order valence-corrected chi connectivity index (χ0v) is 20.2. The number of amides is 2. The van der Waals surface area contributed by atoms with Gasteiger partial charge in [0, 0.05) is 16.8 Å². The Morgan fingerprint density at radius 2 is 1.32 bits per heavy atom. The van der Waals surface area contributed by atoms with Gasteiger partial charge in [-0.25, -0.2) is 4.68 Å². The van der Waals surface area contributed by atoms with Crippen LogP contribution in [0.25, 0.3) is 17.1 Å². The van der Waals surface area contributed by atoms with Gasteiger partial charge >= 0.3 is 0 Å². The van der Waals surface area contributed by atoms with E-state index in [9.17, 15) is 9.59 Å². The molecule has 5 aromatic rings. The van der Waals surface area contributed by atoms with Crippen LogP contribution < -0.4 is 16.2 Å². The van der Waals surface area contributed by atoms with Crippen LogP contribution in [-0.4, -0.2) is 26.6 Å². The number of aromatic nitrogens is 3. The standard InChI is InChI=1S/C28H21ClN6O2/c29-24-14-8-7-13-23(24)27(37)33-32-26(36)20-15-17-21(18-16-20)30-28-31-25(19-9-3-1-4-10-19)35(34-28)22-11-5-2-6-12-22/h1-18H,(H,30,34)(H,32,36)(H,33,37). The zero-order valence-electron chi connectivity index (χ0n) is 19.4. The van der Waals surface area contributed by atoms with E-state index in [1.165, 1.54) is 0 Å². The summed E-state index contributed by atoms with van der Waals surface area (Å²) >= 11 is 6.02. The van der Waals surface area contributed by atoms with Crippen molar-refractivity contribution in [2.45, 2.75) is 0 Å². The second kappa shape index (κ2) is 10.8. The Bertz CT molecular complexity index is 1480. The first-order valence-electron chi connectivity index (χ1n) is 11.4. The number of nitrogens with one attached hydrogen (secondary N) is 3. The average Bonchev–Trinajstić information content (AvgIpc) is 3.37. The monoisotopic (exact) mass is 508 g/mol. The number of nitrogens with zero attached hydrogens (tertiary/aromatic N) is 3. The lowest BCUT2D eigenvalue weighted by molar-refractivity contribution is 0.0847. The molecule has 3 N–H and O–H groups in total. The molecule has 0 fully saturated rings. The Hall–Kier alpha value is -4.95. The molecule has 9 heteroatoms. The fourth-order valence-corrected chi connectivity index (χ4v) is 3.84. The predicted molar refractivity (Wildman–Crippen MR) is 143 cm³/mol. The van der Waals surface area contributed by atoms with Crippen molar-refractivity contribution in [2.24, 2.45) is 0 Å². The first-order chi connectivity index (χ1) is 18.1. The Morgan fingerprint density at radius 1 is 0.703 bits per heavy atom. The van der Waals surface area contributed by atoms with Crippen LogP contribution in [0, 0.1) is 0 Å². The molecule has 0 spiro atoms. The number of anilines is 2. The maximum atomic E-state index is 12.5. The highest BCUT2D eigenvalue weighted by molar-refractivity contribution is 6.33. The minimum absolute atomic E-state index is 0.265. The van der Waals surface area contributed by atoms with Crippen molar-refractivity contribution in [3.63, 3.8) is 0 Å². The fourth-order valence-electron chi connectivity index (χ4n) is 3.62. The van der Waals surface area contributed by atoms with Crippen molar-refractivity contribution >= 4 is 35.1 Å². The van der Waals surface area contributed by atoms with E-state index in [4.69, 9.17) is 16.6 Å². The lowest BCUT2D eigenvalue weighted by Gasteiger charge is -2.09. The summed E-state index contributed by atoms with van der Waals surface area (Å²) in [5.74, 6) is 0.128. The normalized spacial score (nSPS) is 10.5. The first-order valence-corrected chi connectivity index (χ1v) is 11.8. The summed E-state index contributed by atoms with van der Waals surface area (Å²) in [6.07, 6.45) is 0. The Balaban J connectivity index is 1.29. The smallest absolute Gasteiger partial charge is 0.271 e. The SMILES string of the molecule is O=C(NNC(=O)c1ccccc1Cl)c1ccc(Nc2nc(-c3ccccc3)n(-c3ccccc3)n2)cc1. The summed E-state index contributed by atoms with van der Waals surface area (Å²) in [6.45, 7) is 0. The van der Waals surface area contributed by atoms with E-state index in [1.54, 1.807) is 53.2 Å². The molecule has 0 aliphatic heterocycles. The fraction of sp³-hybridized carbons (Fsp3) is 0. The lowest BCUT2D eigenvalue weighted by Crippen LogP contribution is -2.41. The molecule has 0 aliphatic rings. The van der Waals surface area contributed by atoms with Gasteiger partial charge < -0.3 is 5.32 Å². The Kier molecular flexibility index (Phi) is 6.91. The second-order valence-electron chi connectivity index (χ2n) is 7.96. The molecule has 37 heavy (non-hydrogen) atoms. The van der Waals surface area contributed by atoms with Gasteiger partial charge in [-0.3, -0.25) is 20.4 Å².